The van der Waals surface area contributed by atoms with Crippen LogP contribution in [0.1, 0.15) is 66.2 Å². The number of nitrogens with one attached hydrogen (secondary N) is 1. The molecule has 0 aromatic heterocycles. The second kappa shape index (κ2) is 8.26. The molecule has 1 aliphatic rings. The number of aliphatic hydroxyl groups is 1. The van der Waals surface area contributed by atoms with E-state index in [-0.39, 0.29) is 0 Å². The molecule has 0 aromatic carbocycles. The quantitative estimate of drug-likeness (QED) is 0.688. The van der Waals surface area contributed by atoms with Crippen molar-refractivity contribution in [1.29, 1.82) is 0 Å². The zero-order valence-electron chi connectivity index (χ0n) is 13.5. The molecule has 1 saturated carbocycles. The van der Waals surface area contributed by atoms with Crippen LogP contribution in [0.25, 0.3) is 0 Å². The second-order valence-corrected chi connectivity index (χ2v) is 7.72. The molecular formula is C17H35NO. The summed E-state index contributed by atoms with van der Waals surface area (Å²) in [7, 11) is 0. The van der Waals surface area contributed by atoms with Crippen LogP contribution in [0.15, 0.2) is 0 Å². The lowest BCUT2D eigenvalue weighted by Gasteiger charge is -2.37. The minimum absolute atomic E-state index is 0.330. The summed E-state index contributed by atoms with van der Waals surface area (Å²) in [6.07, 6.45) is 7.97. The first-order valence-corrected chi connectivity index (χ1v) is 8.25. The summed E-state index contributed by atoms with van der Waals surface area (Å²) >= 11 is 0. The summed E-state index contributed by atoms with van der Waals surface area (Å²) in [5.41, 5.74) is 0.499. The van der Waals surface area contributed by atoms with Gasteiger partial charge >= 0.3 is 0 Å². The molecule has 0 heterocycles. The normalized spacial score (nSPS) is 26.4. The second-order valence-electron chi connectivity index (χ2n) is 7.72. The number of hydrogen-bond donors (Lipinski definition) is 2. The van der Waals surface area contributed by atoms with E-state index >= 15 is 0 Å². The fourth-order valence-electron chi connectivity index (χ4n) is 3.21. The van der Waals surface area contributed by atoms with E-state index in [2.05, 4.69) is 33.0 Å². The van der Waals surface area contributed by atoms with Crippen molar-refractivity contribution in [3.05, 3.63) is 0 Å². The van der Waals surface area contributed by atoms with Gasteiger partial charge in [0.25, 0.3) is 0 Å². The lowest BCUT2D eigenvalue weighted by atomic mass is 9.70. The highest BCUT2D eigenvalue weighted by molar-refractivity contribution is 4.81. The highest BCUT2D eigenvalue weighted by atomic mass is 16.3. The van der Waals surface area contributed by atoms with Crippen LogP contribution in [0.4, 0.5) is 0 Å². The van der Waals surface area contributed by atoms with Crippen molar-refractivity contribution in [2.45, 2.75) is 66.2 Å². The molecule has 1 aliphatic carbocycles. The molecule has 114 valence electrons. The Morgan fingerprint density at radius 3 is 2.32 bits per heavy atom. The fourth-order valence-corrected chi connectivity index (χ4v) is 3.21. The molecule has 1 atom stereocenters. The maximum atomic E-state index is 8.97. The Morgan fingerprint density at radius 1 is 1.16 bits per heavy atom. The Morgan fingerprint density at radius 2 is 1.79 bits per heavy atom. The van der Waals surface area contributed by atoms with Crippen LogP contribution < -0.4 is 5.32 Å². The van der Waals surface area contributed by atoms with Gasteiger partial charge in [0.05, 0.1) is 0 Å². The summed E-state index contributed by atoms with van der Waals surface area (Å²) in [6, 6.07) is 0. The molecule has 0 bridgehead atoms. The van der Waals surface area contributed by atoms with Gasteiger partial charge in [0.15, 0.2) is 0 Å². The van der Waals surface area contributed by atoms with Gasteiger partial charge in [-0.15, -0.1) is 0 Å². The lowest BCUT2D eigenvalue weighted by Crippen LogP contribution is -2.31. The van der Waals surface area contributed by atoms with E-state index in [4.69, 9.17) is 5.11 Å². The van der Waals surface area contributed by atoms with E-state index in [1.165, 1.54) is 38.6 Å². The molecular weight excluding hydrogens is 234 g/mol. The monoisotopic (exact) mass is 269 g/mol. The zero-order valence-corrected chi connectivity index (χ0v) is 13.5. The van der Waals surface area contributed by atoms with Crippen LogP contribution >= 0.6 is 0 Å². The van der Waals surface area contributed by atoms with Crippen molar-refractivity contribution in [1.82, 2.24) is 5.32 Å². The summed E-state index contributed by atoms with van der Waals surface area (Å²) < 4.78 is 0. The van der Waals surface area contributed by atoms with Crippen molar-refractivity contribution in [2.75, 3.05) is 19.7 Å². The van der Waals surface area contributed by atoms with E-state index < -0.39 is 0 Å². The van der Waals surface area contributed by atoms with Crippen LogP contribution in [-0.2, 0) is 0 Å². The third-order valence-electron chi connectivity index (χ3n) is 4.87. The molecule has 2 nitrogen and oxygen atoms in total. The van der Waals surface area contributed by atoms with Gasteiger partial charge in [0.1, 0.15) is 0 Å². The molecule has 2 N–H and O–H groups in total. The van der Waals surface area contributed by atoms with E-state index in [1.807, 2.05) is 0 Å². The maximum absolute atomic E-state index is 8.97. The molecule has 1 fully saturated rings. The van der Waals surface area contributed by atoms with E-state index in [1.54, 1.807) is 0 Å². The van der Waals surface area contributed by atoms with Gasteiger partial charge in [0.2, 0.25) is 0 Å². The smallest absolute Gasteiger partial charge is 0.0456 e. The zero-order chi connectivity index (χ0) is 14.3. The maximum Gasteiger partial charge on any atom is 0.0456 e. The van der Waals surface area contributed by atoms with Crippen LogP contribution in [0.5, 0.6) is 0 Å². The Balaban J connectivity index is 2.04. The number of hydrogen-bond acceptors (Lipinski definition) is 2. The van der Waals surface area contributed by atoms with Gasteiger partial charge in [0, 0.05) is 6.61 Å². The summed E-state index contributed by atoms with van der Waals surface area (Å²) in [5, 5.41) is 12.6. The molecule has 0 radical (unpaired) electrons. The van der Waals surface area contributed by atoms with Crippen molar-refractivity contribution in [3.8, 4) is 0 Å². The van der Waals surface area contributed by atoms with Crippen LogP contribution in [0.2, 0.25) is 0 Å². The fraction of sp³-hybridized carbons (Fsp3) is 1.00. The Hall–Kier alpha value is -0.0800. The van der Waals surface area contributed by atoms with Crippen molar-refractivity contribution < 1.29 is 5.11 Å². The third kappa shape index (κ3) is 6.76. The molecule has 1 rings (SSSR count). The first-order valence-electron chi connectivity index (χ1n) is 8.25. The standard InChI is InChI=1S/C17H35NO/c1-14(13-19)6-5-11-18-12-15-7-9-16(10-8-15)17(2,3)4/h14-16,18-19H,5-13H2,1-4H3. The number of rotatable bonds is 7. The molecule has 0 aliphatic heterocycles. The first kappa shape index (κ1) is 17.0. The topological polar surface area (TPSA) is 32.3 Å². The van der Waals surface area contributed by atoms with Crippen LogP contribution in [0.3, 0.4) is 0 Å². The van der Waals surface area contributed by atoms with Gasteiger partial charge in [-0.25, -0.2) is 0 Å². The molecule has 2 heteroatoms. The number of aliphatic hydroxyl groups excluding tert-OH is 1. The van der Waals surface area contributed by atoms with Gasteiger partial charge in [-0.2, -0.15) is 0 Å². The minimum Gasteiger partial charge on any atom is -0.396 e. The summed E-state index contributed by atoms with van der Waals surface area (Å²) in [4.78, 5) is 0. The van der Waals surface area contributed by atoms with Crippen molar-refractivity contribution in [2.24, 2.45) is 23.2 Å². The van der Waals surface area contributed by atoms with Gasteiger partial charge in [-0.1, -0.05) is 27.7 Å². The van der Waals surface area contributed by atoms with Gasteiger partial charge in [-0.3, -0.25) is 0 Å². The van der Waals surface area contributed by atoms with E-state index in [0.29, 0.717) is 17.9 Å². The molecule has 0 saturated heterocycles. The molecule has 19 heavy (non-hydrogen) atoms. The minimum atomic E-state index is 0.330. The van der Waals surface area contributed by atoms with Crippen LogP contribution in [-0.4, -0.2) is 24.8 Å². The predicted octanol–water partition coefficient (Wildman–Crippen LogP) is 3.84. The third-order valence-corrected chi connectivity index (χ3v) is 4.87. The molecule has 1 unspecified atom stereocenters. The summed E-state index contributed by atoms with van der Waals surface area (Å²) in [6.45, 7) is 11.9. The lowest BCUT2D eigenvalue weighted by molar-refractivity contribution is 0.149. The highest BCUT2D eigenvalue weighted by Gasteiger charge is 2.29. The van der Waals surface area contributed by atoms with Crippen LogP contribution in [0, 0.1) is 23.2 Å². The van der Waals surface area contributed by atoms with E-state index in [9.17, 15) is 0 Å². The van der Waals surface area contributed by atoms with Crippen molar-refractivity contribution in [3.63, 3.8) is 0 Å². The van der Waals surface area contributed by atoms with Gasteiger partial charge < -0.3 is 10.4 Å². The molecule has 0 amide bonds. The SMILES string of the molecule is CC(CO)CCCNCC1CCC(C(C)(C)C)CC1. The van der Waals surface area contributed by atoms with E-state index in [0.717, 1.165) is 24.8 Å². The highest BCUT2D eigenvalue weighted by Crippen LogP contribution is 2.39. The molecule has 0 aromatic rings. The molecule has 0 spiro atoms. The Bertz CT molecular complexity index is 226. The summed E-state index contributed by atoms with van der Waals surface area (Å²) in [5.74, 6) is 2.28. The predicted molar refractivity (Wildman–Crippen MR) is 83.3 cm³/mol. The van der Waals surface area contributed by atoms with Gasteiger partial charge in [-0.05, 0) is 74.8 Å². The van der Waals surface area contributed by atoms with Crippen molar-refractivity contribution >= 4 is 0 Å². The largest absolute Gasteiger partial charge is 0.396 e. The first-order chi connectivity index (χ1) is 8.93. The average Bonchev–Trinajstić information content (AvgIpc) is 2.37. The Labute approximate surface area is 120 Å². The Kier molecular flexibility index (Phi) is 7.38. The average molecular weight is 269 g/mol.